The number of likely N-dealkylation sites (tertiary alicyclic amines) is 1. The summed E-state index contributed by atoms with van der Waals surface area (Å²) in [7, 11) is 5.21. The number of nitrogens with one attached hydrogen (secondary N) is 2. The van der Waals surface area contributed by atoms with Crippen molar-refractivity contribution >= 4 is 28.4 Å². The Hall–Kier alpha value is -5.74. The molecule has 3 fully saturated rings. The molecule has 0 unspecified atom stereocenters. The molecule has 0 saturated carbocycles. The quantitative estimate of drug-likeness (QED) is 0.100. The second-order valence-electron chi connectivity index (χ2n) is 18.5. The number of ether oxygens (including phenoxy) is 7. The number of methoxy groups -OCH3 is 1. The fourth-order valence-electron chi connectivity index (χ4n) is 11.5. The standard InChI is InChI=1S/C55H58N4O9/c1-56-39-31-64-43(27-41(39)63-28-33-17-7-4-8-18-33)65-32-42-50(62-3)51(66-29-34-19-9-5-10-20-34)52(67-30-35-21-11-6-12-22-35)55(68-42)59-40-26-16-14-24-37(40)45-47-46(53(60)58(2)54(47)61)44-36-23-13-15-25-38(36)57-48(44)49(45)59/h4-26,39,41-43,45-47,49-52,55-57H,27-32H2,1-3H3/t39-,41-,42+,43+,45-,46-,47+,49-,50+,51-,52+,55+/m0/s1. The van der Waals surface area contributed by atoms with E-state index in [0.717, 1.165) is 50.1 Å². The number of fused-ring (bicyclic) bond motifs is 10. The van der Waals surface area contributed by atoms with E-state index in [9.17, 15) is 9.59 Å². The average molecular weight is 919 g/mol. The minimum atomic E-state index is -0.806. The predicted octanol–water partition coefficient (Wildman–Crippen LogP) is 7.37. The van der Waals surface area contributed by atoms with Gasteiger partial charge in [0.15, 0.2) is 12.5 Å². The molecule has 1 aromatic heterocycles. The molecule has 2 amide bonds. The molecule has 6 aromatic rings. The predicted molar refractivity (Wildman–Crippen MR) is 254 cm³/mol. The van der Waals surface area contributed by atoms with Gasteiger partial charge in [-0.1, -0.05) is 127 Å². The van der Waals surface area contributed by atoms with E-state index in [1.54, 1.807) is 14.2 Å². The second kappa shape index (κ2) is 19.3. The maximum atomic E-state index is 14.5. The maximum absolute atomic E-state index is 14.5. The number of carbonyl (C=O) groups is 2. The number of carbonyl (C=O) groups excluding carboxylic acids is 2. The minimum absolute atomic E-state index is 0.0199. The third-order valence-electron chi connectivity index (χ3n) is 14.7. The molecule has 11 rings (SSSR count). The van der Waals surface area contributed by atoms with Crippen LogP contribution in [0.2, 0.25) is 0 Å². The van der Waals surface area contributed by atoms with Crippen molar-refractivity contribution < 1.29 is 42.7 Å². The molecular formula is C55H58N4O9. The van der Waals surface area contributed by atoms with Gasteiger partial charge in [-0.25, -0.2) is 0 Å². The van der Waals surface area contributed by atoms with E-state index in [2.05, 4.69) is 39.5 Å². The van der Waals surface area contributed by atoms with Crippen molar-refractivity contribution in [3.05, 3.63) is 173 Å². The SMILES string of the molecule is CN[C@H]1CO[C@H](OC[C@H]2O[C@@H](N3c4ccccc4[C@H]4[C@H]5C(=O)N(C)C(=O)[C@H]5c5c([nH]c6ccccc56)[C@H]43)[C@H](OCc3ccccc3)[C@@H](OCc3ccccc3)[C@@H]2OC)C[C@@H]1OCc1ccccc1. The third kappa shape index (κ3) is 8.14. The summed E-state index contributed by atoms with van der Waals surface area (Å²) >= 11 is 0. The van der Waals surface area contributed by atoms with Gasteiger partial charge in [0.2, 0.25) is 11.8 Å². The first-order valence-corrected chi connectivity index (χ1v) is 23.8. The van der Waals surface area contributed by atoms with Crippen LogP contribution in [0.5, 0.6) is 0 Å². The lowest BCUT2D eigenvalue weighted by molar-refractivity contribution is -0.280. The van der Waals surface area contributed by atoms with Gasteiger partial charge in [0.1, 0.15) is 24.4 Å². The van der Waals surface area contributed by atoms with Crippen LogP contribution in [0.15, 0.2) is 140 Å². The van der Waals surface area contributed by atoms with E-state index in [1.807, 2.05) is 122 Å². The van der Waals surface area contributed by atoms with Crippen LogP contribution in [0.25, 0.3) is 10.9 Å². The number of likely N-dealkylation sites (N-methyl/N-ethyl adjacent to an activating group) is 2. The van der Waals surface area contributed by atoms with E-state index in [1.165, 1.54) is 4.90 Å². The Morgan fingerprint density at radius 1 is 0.691 bits per heavy atom. The van der Waals surface area contributed by atoms with Crippen LogP contribution in [0.3, 0.4) is 0 Å². The van der Waals surface area contributed by atoms with Crippen molar-refractivity contribution in [2.45, 2.75) is 93.2 Å². The average Bonchev–Trinajstić information content (AvgIpc) is 4.01. The summed E-state index contributed by atoms with van der Waals surface area (Å²) in [5.41, 5.74) is 7.59. The lowest BCUT2D eigenvalue weighted by atomic mass is 9.68. The van der Waals surface area contributed by atoms with Gasteiger partial charge in [0.05, 0.1) is 63.1 Å². The molecule has 352 valence electrons. The smallest absolute Gasteiger partial charge is 0.237 e. The Kier molecular flexibility index (Phi) is 12.7. The van der Waals surface area contributed by atoms with Crippen molar-refractivity contribution in [1.82, 2.24) is 15.2 Å². The first kappa shape index (κ1) is 44.7. The summed E-state index contributed by atoms with van der Waals surface area (Å²) in [5, 5.41) is 4.30. The normalized spacial score (nSPS) is 29.8. The van der Waals surface area contributed by atoms with Gasteiger partial charge >= 0.3 is 0 Å². The highest BCUT2D eigenvalue weighted by molar-refractivity contribution is 6.11. The first-order chi connectivity index (χ1) is 33.4. The van der Waals surface area contributed by atoms with Gasteiger partial charge in [0, 0.05) is 48.8 Å². The molecular weight excluding hydrogens is 861 g/mol. The monoisotopic (exact) mass is 918 g/mol. The summed E-state index contributed by atoms with van der Waals surface area (Å²) < 4.78 is 47.8. The molecule has 12 atom stereocenters. The van der Waals surface area contributed by atoms with Crippen molar-refractivity contribution in [2.75, 3.05) is 39.3 Å². The lowest BCUT2D eigenvalue weighted by Crippen LogP contribution is -2.66. The maximum Gasteiger partial charge on any atom is 0.237 e. The van der Waals surface area contributed by atoms with Crippen LogP contribution in [0.4, 0.5) is 5.69 Å². The molecule has 5 aromatic carbocycles. The van der Waals surface area contributed by atoms with Crippen LogP contribution in [-0.2, 0) is 62.6 Å². The summed E-state index contributed by atoms with van der Waals surface area (Å²) in [6.45, 7) is 1.53. The Labute approximate surface area is 396 Å². The van der Waals surface area contributed by atoms with Gasteiger partial charge in [0.25, 0.3) is 0 Å². The van der Waals surface area contributed by atoms with Crippen LogP contribution in [-0.4, -0.2) is 105 Å². The third-order valence-corrected chi connectivity index (χ3v) is 14.7. The molecule has 13 nitrogen and oxygen atoms in total. The number of aromatic amines is 1. The topological polar surface area (TPSA) is 133 Å². The molecule has 0 spiro atoms. The van der Waals surface area contributed by atoms with Gasteiger partial charge in [-0.2, -0.15) is 0 Å². The minimum Gasteiger partial charge on any atom is -0.376 e. The molecule has 0 radical (unpaired) electrons. The molecule has 1 aliphatic carbocycles. The zero-order valence-electron chi connectivity index (χ0n) is 38.5. The highest BCUT2D eigenvalue weighted by Gasteiger charge is 2.63. The molecule has 2 N–H and O–H groups in total. The van der Waals surface area contributed by atoms with Gasteiger partial charge in [-0.15, -0.1) is 0 Å². The van der Waals surface area contributed by atoms with E-state index in [-0.39, 0.29) is 43.8 Å². The number of aromatic nitrogens is 1. The Morgan fingerprint density at radius 3 is 1.99 bits per heavy atom. The van der Waals surface area contributed by atoms with E-state index in [4.69, 9.17) is 33.2 Å². The number of hydrogen-bond donors (Lipinski definition) is 2. The number of rotatable bonds is 15. The Bertz CT molecular complexity index is 2700. The largest absolute Gasteiger partial charge is 0.376 e. The fourth-order valence-corrected chi connectivity index (χ4v) is 11.5. The number of para-hydroxylation sites is 2. The number of imide groups is 1. The highest BCUT2D eigenvalue weighted by atomic mass is 16.7. The Morgan fingerprint density at radius 2 is 1.31 bits per heavy atom. The van der Waals surface area contributed by atoms with Crippen molar-refractivity contribution in [3.63, 3.8) is 0 Å². The first-order valence-electron chi connectivity index (χ1n) is 23.8. The van der Waals surface area contributed by atoms with E-state index in [0.29, 0.717) is 19.6 Å². The van der Waals surface area contributed by atoms with Crippen LogP contribution < -0.4 is 10.2 Å². The van der Waals surface area contributed by atoms with Gasteiger partial charge in [-0.05, 0) is 47.0 Å². The Balaban J connectivity index is 0.992. The van der Waals surface area contributed by atoms with E-state index < -0.39 is 60.7 Å². The molecule has 3 saturated heterocycles. The molecule has 5 heterocycles. The molecule has 13 heteroatoms. The number of benzene rings is 5. The van der Waals surface area contributed by atoms with Crippen molar-refractivity contribution in [3.8, 4) is 0 Å². The summed E-state index contributed by atoms with van der Waals surface area (Å²) in [4.78, 5) is 36.2. The van der Waals surface area contributed by atoms with Crippen LogP contribution in [0, 0.1) is 5.92 Å². The van der Waals surface area contributed by atoms with Crippen LogP contribution >= 0.6 is 0 Å². The summed E-state index contributed by atoms with van der Waals surface area (Å²) in [5.74, 6) is -2.05. The zero-order valence-corrected chi connectivity index (χ0v) is 38.5. The molecule has 4 aliphatic heterocycles. The lowest BCUT2D eigenvalue weighted by Gasteiger charge is -2.51. The number of nitrogens with zero attached hydrogens (tertiary/aromatic N) is 2. The van der Waals surface area contributed by atoms with Crippen LogP contribution in [0.1, 0.15) is 57.8 Å². The van der Waals surface area contributed by atoms with Crippen molar-refractivity contribution in [2.24, 2.45) is 5.92 Å². The van der Waals surface area contributed by atoms with Gasteiger partial charge < -0.3 is 48.4 Å². The van der Waals surface area contributed by atoms with E-state index >= 15 is 0 Å². The van der Waals surface area contributed by atoms with Gasteiger partial charge in [-0.3, -0.25) is 14.5 Å². The fraction of sp³-hybridized carbons (Fsp3) is 0.382. The number of H-pyrrole nitrogens is 1. The molecule has 68 heavy (non-hydrogen) atoms. The molecule has 0 bridgehead atoms. The number of amides is 2. The number of anilines is 1. The summed E-state index contributed by atoms with van der Waals surface area (Å²) in [6.07, 6.45) is -3.80. The van der Waals surface area contributed by atoms with Crippen molar-refractivity contribution in [1.29, 1.82) is 0 Å². The molecule has 5 aliphatic rings. The second-order valence-corrected chi connectivity index (χ2v) is 18.5. The highest BCUT2D eigenvalue weighted by Crippen LogP contribution is 2.63. The zero-order chi connectivity index (χ0) is 46.3. The summed E-state index contributed by atoms with van der Waals surface area (Å²) in [6, 6.07) is 46.1. The number of hydrogen-bond acceptors (Lipinski definition) is 11.